The van der Waals surface area contributed by atoms with E-state index in [2.05, 4.69) is 112 Å². The van der Waals surface area contributed by atoms with Crippen LogP contribution in [0.4, 0.5) is 22.7 Å². The van der Waals surface area contributed by atoms with Crippen LogP contribution in [0.1, 0.15) is 79.1 Å². The van der Waals surface area contributed by atoms with E-state index in [4.69, 9.17) is 0 Å². The van der Waals surface area contributed by atoms with Gasteiger partial charge in [0.05, 0.1) is 9.85 Å². The summed E-state index contributed by atoms with van der Waals surface area (Å²) in [5, 5.41) is 27.0. The first-order valence-electron chi connectivity index (χ1n) is 18.6. The molecule has 0 N–H and O–H groups in total. The minimum Gasteiger partial charge on any atom is -0.372 e. The molecule has 0 saturated heterocycles. The quantitative estimate of drug-likeness (QED) is 0.0852. The van der Waals surface area contributed by atoms with Crippen molar-refractivity contribution in [1.29, 1.82) is 0 Å². The van der Waals surface area contributed by atoms with Crippen LogP contribution >= 0.6 is 0 Å². The molecular formula is C46H44N4O4. The molecule has 272 valence electrons. The van der Waals surface area contributed by atoms with Gasteiger partial charge in [-0.1, -0.05) is 87.8 Å². The minimum absolute atomic E-state index is 0.0543. The Kier molecular flexibility index (Phi) is 15.7. The maximum atomic E-state index is 12.4. The van der Waals surface area contributed by atoms with E-state index in [9.17, 15) is 20.2 Å². The average molecular weight is 717 g/mol. The standard InChI is InChI=1S/C46H44N4O4/c1-5-9-29-47(30-10-6-2)43-27-25-37-19-13-15-23-41-35-45(48(31-11-7-3)32-12-8-4)46(50(53)54)36-42(41)24-16-14-20-38-26-28-44(49(51)52)34-40(38)22-18-17-21-39(37)33-43/h25-28,33-36H,5-12,29-32H2,1-4H3. The lowest BCUT2D eigenvalue weighted by Crippen LogP contribution is -2.31. The van der Waals surface area contributed by atoms with Gasteiger partial charge >= 0.3 is 0 Å². The van der Waals surface area contributed by atoms with E-state index >= 15 is 0 Å². The first-order valence-corrected chi connectivity index (χ1v) is 18.6. The van der Waals surface area contributed by atoms with Gasteiger partial charge in [-0.15, -0.1) is 0 Å². The zero-order chi connectivity index (χ0) is 38.7. The molecule has 1 aliphatic rings. The van der Waals surface area contributed by atoms with Crippen LogP contribution in [0.2, 0.25) is 0 Å². The normalized spacial score (nSPS) is 10.7. The number of nitro benzene ring substituents is 2. The largest absolute Gasteiger partial charge is 0.372 e. The number of unbranched alkanes of at least 4 members (excludes halogenated alkanes) is 4. The Morgan fingerprint density at radius 2 is 0.889 bits per heavy atom. The van der Waals surface area contributed by atoms with Gasteiger partial charge in [-0.3, -0.25) is 20.2 Å². The van der Waals surface area contributed by atoms with Gasteiger partial charge in [0.25, 0.3) is 11.4 Å². The highest BCUT2D eigenvalue weighted by molar-refractivity contribution is 5.64. The first kappa shape index (κ1) is 40.2. The molecule has 0 radical (unpaired) electrons. The molecule has 0 spiro atoms. The van der Waals surface area contributed by atoms with Crippen molar-refractivity contribution in [3.05, 3.63) is 134 Å². The number of non-ortho nitro benzene ring substituents is 1. The summed E-state index contributed by atoms with van der Waals surface area (Å²) in [7, 11) is 0. The summed E-state index contributed by atoms with van der Waals surface area (Å²) in [5.41, 5.74) is 37.0. The van der Waals surface area contributed by atoms with Gasteiger partial charge in [-0.25, -0.2) is 0 Å². The predicted octanol–water partition coefficient (Wildman–Crippen LogP) is 5.61. The van der Waals surface area contributed by atoms with Crippen LogP contribution in [0.15, 0.2) is 82.9 Å². The van der Waals surface area contributed by atoms with Crippen LogP contribution in [0.3, 0.4) is 0 Å². The Labute approximate surface area is 315 Å². The van der Waals surface area contributed by atoms with Crippen molar-refractivity contribution in [2.75, 3.05) is 36.0 Å². The van der Waals surface area contributed by atoms with Crippen molar-refractivity contribution in [3.63, 3.8) is 0 Å². The van der Waals surface area contributed by atoms with E-state index in [0.29, 0.717) is 50.1 Å². The van der Waals surface area contributed by atoms with E-state index in [0.717, 1.165) is 70.1 Å². The maximum Gasteiger partial charge on any atom is 0.293 e. The summed E-state index contributed by atoms with van der Waals surface area (Å²) in [6.07, 6.45) is 7.96. The molecule has 8 heteroatoms. The Balaban J connectivity index is 2.28. The van der Waals surface area contributed by atoms with Crippen molar-refractivity contribution in [2.45, 2.75) is 79.1 Å². The topological polar surface area (TPSA) is 92.8 Å². The van der Waals surface area contributed by atoms with Crippen LogP contribution in [-0.4, -0.2) is 36.0 Å². The Morgan fingerprint density at radius 1 is 0.481 bits per heavy atom. The van der Waals surface area contributed by atoms with Gasteiger partial charge in [-0.2, -0.15) is 0 Å². The van der Waals surface area contributed by atoms with Gasteiger partial charge in [0.15, 0.2) is 0 Å². The molecule has 3 aromatic rings. The van der Waals surface area contributed by atoms with Crippen molar-refractivity contribution in [1.82, 2.24) is 0 Å². The molecule has 0 aromatic heterocycles. The summed E-state index contributed by atoms with van der Waals surface area (Å²) in [6.45, 7) is 11.7. The van der Waals surface area contributed by atoms with Crippen LogP contribution in [-0.2, 0) is 0 Å². The maximum absolute atomic E-state index is 12.4. The number of benzene rings is 3. The zero-order valence-electron chi connectivity index (χ0n) is 31.5. The number of anilines is 2. The highest BCUT2D eigenvalue weighted by Crippen LogP contribution is 2.26. The molecule has 8 nitrogen and oxygen atoms in total. The van der Waals surface area contributed by atoms with Gasteiger partial charge in [0.1, 0.15) is 5.69 Å². The van der Waals surface area contributed by atoms with Crippen molar-refractivity contribution < 1.29 is 9.85 Å². The second-order valence-corrected chi connectivity index (χ2v) is 12.7. The molecule has 0 heterocycles. The van der Waals surface area contributed by atoms with Crippen molar-refractivity contribution in [2.24, 2.45) is 0 Å². The molecule has 4 rings (SSSR count). The SMILES string of the molecule is CCCCN(CCCC)c1ccc2c(c1)=C=C=C=C=c1cc([N+](=O)[O-])ccc1=C=C=C=C=c1cc([N+](=O)[O-])c(N(CCCC)CCCC)cc1=C=C=C=C=2. The van der Waals surface area contributed by atoms with E-state index < -0.39 is 4.92 Å². The lowest BCUT2D eigenvalue weighted by molar-refractivity contribution is -0.385. The number of rotatable bonds is 16. The van der Waals surface area contributed by atoms with Crippen molar-refractivity contribution >= 4 is 57.1 Å². The summed E-state index contributed by atoms with van der Waals surface area (Å²) in [6, 6.07) is 13.5. The van der Waals surface area contributed by atoms with E-state index in [1.165, 1.54) is 24.3 Å². The van der Waals surface area contributed by atoms with Crippen LogP contribution in [0, 0.1) is 20.2 Å². The molecule has 0 aliphatic heterocycles. The lowest BCUT2D eigenvalue weighted by Gasteiger charge is -2.24. The highest BCUT2D eigenvalue weighted by atomic mass is 16.6. The van der Waals surface area contributed by atoms with Gasteiger partial charge < -0.3 is 9.80 Å². The summed E-state index contributed by atoms with van der Waals surface area (Å²) in [4.78, 5) is 27.6. The number of hydrogen-bond donors (Lipinski definition) is 0. The Morgan fingerprint density at radius 3 is 1.35 bits per heavy atom. The Bertz CT molecular complexity index is 2660. The van der Waals surface area contributed by atoms with E-state index in [1.807, 2.05) is 12.1 Å². The molecule has 0 saturated carbocycles. The van der Waals surface area contributed by atoms with Gasteiger partial charge in [0.2, 0.25) is 0 Å². The number of nitrogens with zero attached hydrogens (tertiary/aromatic N) is 4. The minimum atomic E-state index is -0.490. The second-order valence-electron chi connectivity index (χ2n) is 12.7. The molecule has 0 atom stereocenters. The smallest absolute Gasteiger partial charge is 0.293 e. The molecular weight excluding hydrogens is 673 g/mol. The monoisotopic (exact) mass is 716 g/mol. The second kappa shape index (κ2) is 21.1. The highest BCUT2D eigenvalue weighted by Gasteiger charge is 2.20. The molecule has 0 unspecified atom stereocenters. The van der Waals surface area contributed by atoms with E-state index in [1.54, 1.807) is 6.07 Å². The Hall–Kier alpha value is -6.58. The summed E-state index contributed by atoms with van der Waals surface area (Å²) in [5.74, 6) is 0. The third-order valence-corrected chi connectivity index (χ3v) is 8.73. The molecule has 0 amide bonds. The molecule has 1 aliphatic carbocycles. The predicted molar refractivity (Wildman–Crippen MR) is 216 cm³/mol. The van der Waals surface area contributed by atoms with E-state index in [-0.39, 0.29) is 16.3 Å². The van der Waals surface area contributed by atoms with Crippen molar-refractivity contribution in [3.8, 4) is 0 Å². The summed E-state index contributed by atoms with van der Waals surface area (Å²) < 4.78 is 0. The van der Waals surface area contributed by atoms with Crippen LogP contribution in [0.5, 0.6) is 0 Å². The fourth-order valence-corrected chi connectivity index (χ4v) is 5.69. The molecule has 0 bridgehead atoms. The molecule has 0 fully saturated rings. The number of hydrogen-bond acceptors (Lipinski definition) is 6. The fourth-order valence-electron chi connectivity index (χ4n) is 5.69. The number of nitro groups is 2. The third kappa shape index (κ3) is 11.5. The number of fused-ring (bicyclic) bond motifs is 3. The molecule has 54 heavy (non-hydrogen) atoms. The third-order valence-electron chi connectivity index (χ3n) is 8.73. The molecule has 3 aromatic carbocycles. The fraction of sp³-hybridized carbons (Fsp3) is 0.348. The van der Waals surface area contributed by atoms with Crippen LogP contribution < -0.4 is 41.1 Å². The average Bonchev–Trinajstić information content (AvgIpc) is 3.17. The lowest BCUT2D eigenvalue weighted by atomic mass is 10.1. The summed E-state index contributed by atoms with van der Waals surface area (Å²) >= 11 is 0. The zero-order valence-corrected chi connectivity index (χ0v) is 31.5. The first-order chi connectivity index (χ1) is 26.3. The van der Waals surface area contributed by atoms with Gasteiger partial charge in [-0.05, 0) is 90.4 Å². The van der Waals surface area contributed by atoms with Gasteiger partial charge in [0, 0.05) is 81.4 Å². The van der Waals surface area contributed by atoms with Crippen LogP contribution in [0.25, 0.3) is 34.4 Å².